The van der Waals surface area contributed by atoms with Crippen LogP contribution in [-0.2, 0) is 4.79 Å². The SMILES string of the molecule is O=C(O)CSc1nc(Cl)cc(N2CCN(CC=Cc3ccccc3)CC2)n1. The number of carbonyl (C=O) groups is 1. The highest BCUT2D eigenvalue weighted by Crippen LogP contribution is 2.22. The highest BCUT2D eigenvalue weighted by Gasteiger charge is 2.18. The molecule has 0 unspecified atom stereocenters. The van der Waals surface area contributed by atoms with Gasteiger partial charge in [-0.05, 0) is 5.56 Å². The number of piperazine rings is 1. The van der Waals surface area contributed by atoms with Gasteiger partial charge >= 0.3 is 5.97 Å². The zero-order valence-electron chi connectivity index (χ0n) is 14.8. The Kier molecular flexibility index (Phi) is 7.09. The largest absolute Gasteiger partial charge is 0.481 e. The second-order valence-corrected chi connectivity index (χ2v) is 7.44. The number of aromatic nitrogens is 2. The van der Waals surface area contributed by atoms with E-state index < -0.39 is 5.97 Å². The lowest BCUT2D eigenvalue weighted by Gasteiger charge is -2.34. The molecule has 1 aromatic heterocycles. The molecule has 0 radical (unpaired) electrons. The highest BCUT2D eigenvalue weighted by molar-refractivity contribution is 7.99. The van der Waals surface area contributed by atoms with Crippen LogP contribution in [0.25, 0.3) is 6.08 Å². The van der Waals surface area contributed by atoms with E-state index in [2.05, 4.69) is 44.1 Å². The first-order chi connectivity index (χ1) is 13.1. The summed E-state index contributed by atoms with van der Waals surface area (Å²) in [5.74, 6) is -0.230. The topological polar surface area (TPSA) is 69.6 Å². The van der Waals surface area contributed by atoms with Crippen molar-refractivity contribution in [3.63, 3.8) is 0 Å². The Morgan fingerprint density at radius 1 is 1.19 bits per heavy atom. The van der Waals surface area contributed by atoms with E-state index in [1.165, 1.54) is 5.56 Å². The van der Waals surface area contributed by atoms with Crippen LogP contribution < -0.4 is 4.90 Å². The van der Waals surface area contributed by atoms with Gasteiger partial charge in [-0.15, -0.1) is 0 Å². The molecule has 27 heavy (non-hydrogen) atoms. The van der Waals surface area contributed by atoms with Crippen molar-refractivity contribution < 1.29 is 9.90 Å². The maximum Gasteiger partial charge on any atom is 0.313 e. The van der Waals surface area contributed by atoms with Gasteiger partial charge in [0.25, 0.3) is 0 Å². The summed E-state index contributed by atoms with van der Waals surface area (Å²) in [4.78, 5) is 23.8. The predicted octanol–water partition coefficient (Wildman–Crippen LogP) is 3.14. The quantitative estimate of drug-likeness (QED) is 0.432. The Morgan fingerprint density at radius 2 is 1.93 bits per heavy atom. The van der Waals surface area contributed by atoms with E-state index in [0.29, 0.717) is 10.3 Å². The van der Waals surface area contributed by atoms with Crippen molar-refractivity contribution in [2.45, 2.75) is 5.16 Å². The molecular formula is C19H21ClN4O2S. The predicted molar refractivity (Wildman–Crippen MR) is 110 cm³/mol. The van der Waals surface area contributed by atoms with Gasteiger partial charge in [-0.3, -0.25) is 9.69 Å². The summed E-state index contributed by atoms with van der Waals surface area (Å²) in [6, 6.07) is 12.0. The molecule has 1 fully saturated rings. The molecule has 0 amide bonds. The summed E-state index contributed by atoms with van der Waals surface area (Å²) in [5.41, 5.74) is 1.21. The molecule has 1 saturated heterocycles. The lowest BCUT2D eigenvalue weighted by Crippen LogP contribution is -2.46. The van der Waals surface area contributed by atoms with Crippen LogP contribution >= 0.6 is 23.4 Å². The highest BCUT2D eigenvalue weighted by atomic mass is 35.5. The van der Waals surface area contributed by atoms with Crippen molar-refractivity contribution in [3.8, 4) is 0 Å². The van der Waals surface area contributed by atoms with Crippen molar-refractivity contribution in [3.05, 3.63) is 53.2 Å². The Hall–Kier alpha value is -2.09. The van der Waals surface area contributed by atoms with E-state index in [1.807, 2.05) is 18.2 Å². The van der Waals surface area contributed by atoms with E-state index >= 15 is 0 Å². The van der Waals surface area contributed by atoms with Crippen LogP contribution in [-0.4, -0.2) is 64.4 Å². The number of thioether (sulfide) groups is 1. The zero-order chi connectivity index (χ0) is 19.1. The van der Waals surface area contributed by atoms with Crippen molar-refractivity contribution >= 4 is 41.2 Å². The average Bonchev–Trinajstić information content (AvgIpc) is 2.67. The smallest absolute Gasteiger partial charge is 0.313 e. The van der Waals surface area contributed by atoms with Gasteiger partial charge < -0.3 is 10.0 Å². The molecule has 1 aliphatic heterocycles. The molecule has 142 valence electrons. The molecule has 8 heteroatoms. The number of hydrogen-bond donors (Lipinski definition) is 1. The first-order valence-electron chi connectivity index (χ1n) is 8.68. The third-order valence-corrected chi connectivity index (χ3v) is 5.18. The van der Waals surface area contributed by atoms with E-state index in [9.17, 15) is 4.79 Å². The molecule has 0 atom stereocenters. The van der Waals surface area contributed by atoms with Crippen LogP contribution in [0.3, 0.4) is 0 Å². The second-order valence-electron chi connectivity index (χ2n) is 6.11. The fraction of sp³-hybridized carbons (Fsp3) is 0.316. The minimum Gasteiger partial charge on any atom is -0.481 e. The number of nitrogens with zero attached hydrogens (tertiary/aromatic N) is 4. The third kappa shape index (κ3) is 6.23. The summed E-state index contributed by atoms with van der Waals surface area (Å²) in [6.45, 7) is 4.45. The molecule has 1 N–H and O–H groups in total. The summed E-state index contributed by atoms with van der Waals surface area (Å²) < 4.78 is 0. The van der Waals surface area contributed by atoms with Gasteiger partial charge in [0, 0.05) is 38.8 Å². The van der Waals surface area contributed by atoms with Gasteiger partial charge in [-0.25, -0.2) is 9.97 Å². The number of halogens is 1. The van der Waals surface area contributed by atoms with Crippen LogP contribution in [0.4, 0.5) is 5.82 Å². The first kappa shape index (κ1) is 19.7. The van der Waals surface area contributed by atoms with Gasteiger partial charge in [0.15, 0.2) is 5.16 Å². The molecule has 0 aliphatic carbocycles. The van der Waals surface area contributed by atoms with Crippen LogP contribution in [0, 0.1) is 0 Å². The van der Waals surface area contributed by atoms with Gasteiger partial charge in [0.05, 0.1) is 5.75 Å². The average molecular weight is 405 g/mol. The summed E-state index contributed by atoms with van der Waals surface area (Å²) >= 11 is 7.16. The van der Waals surface area contributed by atoms with Crippen molar-refractivity contribution in [1.82, 2.24) is 14.9 Å². The molecule has 1 aromatic carbocycles. The molecule has 1 aliphatic rings. The van der Waals surface area contributed by atoms with E-state index in [1.54, 1.807) is 6.07 Å². The van der Waals surface area contributed by atoms with E-state index in [4.69, 9.17) is 16.7 Å². The number of rotatable bonds is 7. The zero-order valence-corrected chi connectivity index (χ0v) is 16.4. The number of hydrogen-bond acceptors (Lipinski definition) is 6. The maximum atomic E-state index is 10.7. The minimum absolute atomic E-state index is 0.0820. The molecule has 3 rings (SSSR count). The van der Waals surface area contributed by atoms with Gasteiger partial charge in [0.1, 0.15) is 11.0 Å². The monoisotopic (exact) mass is 404 g/mol. The lowest BCUT2D eigenvalue weighted by molar-refractivity contribution is -0.133. The van der Waals surface area contributed by atoms with Crippen molar-refractivity contribution in [2.75, 3.05) is 43.4 Å². The molecular weight excluding hydrogens is 384 g/mol. The number of carboxylic acid groups (broad SMARTS) is 1. The van der Waals surface area contributed by atoms with Crippen molar-refractivity contribution in [2.24, 2.45) is 0 Å². The van der Waals surface area contributed by atoms with Crippen molar-refractivity contribution in [1.29, 1.82) is 0 Å². The van der Waals surface area contributed by atoms with Crippen LogP contribution in [0.1, 0.15) is 5.56 Å². The summed E-state index contributed by atoms with van der Waals surface area (Å²) in [5, 5.41) is 9.53. The van der Waals surface area contributed by atoms with Gasteiger partial charge in [0.2, 0.25) is 0 Å². The van der Waals surface area contributed by atoms with Crippen LogP contribution in [0.5, 0.6) is 0 Å². The molecule has 0 bridgehead atoms. The number of anilines is 1. The Morgan fingerprint density at radius 3 is 2.63 bits per heavy atom. The number of aliphatic carboxylic acids is 1. The maximum absolute atomic E-state index is 10.7. The number of carboxylic acids is 1. The van der Waals surface area contributed by atoms with Crippen LogP contribution in [0.15, 0.2) is 47.6 Å². The summed E-state index contributed by atoms with van der Waals surface area (Å²) in [6.07, 6.45) is 4.33. The first-order valence-corrected chi connectivity index (χ1v) is 10.0. The Bertz CT molecular complexity index is 796. The van der Waals surface area contributed by atoms with E-state index in [0.717, 1.165) is 50.3 Å². The minimum atomic E-state index is -0.901. The lowest BCUT2D eigenvalue weighted by atomic mass is 10.2. The normalized spacial score (nSPS) is 15.4. The second kappa shape index (κ2) is 9.73. The molecule has 2 aromatic rings. The summed E-state index contributed by atoms with van der Waals surface area (Å²) in [7, 11) is 0. The number of benzene rings is 1. The molecule has 6 nitrogen and oxygen atoms in total. The molecule has 0 spiro atoms. The fourth-order valence-corrected chi connectivity index (χ4v) is 3.60. The fourth-order valence-electron chi connectivity index (χ4n) is 2.80. The standard InChI is InChI=1S/C19H21ClN4O2S/c20-16-13-17(22-19(21-16)27-14-18(25)26)24-11-9-23(10-12-24)8-4-7-15-5-2-1-3-6-15/h1-7,13H,8-12,14H2,(H,25,26). The van der Waals surface area contributed by atoms with Gasteiger partial charge in [-0.2, -0.15) is 0 Å². The molecule has 0 saturated carbocycles. The van der Waals surface area contributed by atoms with E-state index in [-0.39, 0.29) is 5.75 Å². The Balaban J connectivity index is 1.52. The van der Waals surface area contributed by atoms with Gasteiger partial charge in [-0.1, -0.05) is 65.8 Å². The molecule has 2 heterocycles. The van der Waals surface area contributed by atoms with Crippen LogP contribution in [0.2, 0.25) is 5.15 Å². The third-order valence-electron chi connectivity index (χ3n) is 4.16. The Labute approximate surface area is 167 Å².